The summed E-state index contributed by atoms with van der Waals surface area (Å²) in [6.45, 7) is 1.55. The number of ketones is 2. The van der Waals surface area contributed by atoms with Crippen molar-refractivity contribution in [3.05, 3.63) is 177 Å². The molecule has 13 heteroatoms. The Morgan fingerprint density at radius 2 is 1.11 bits per heavy atom. The van der Waals surface area contributed by atoms with Gasteiger partial charge < -0.3 is 30.1 Å². The highest BCUT2D eigenvalue weighted by molar-refractivity contribution is 9.10. The van der Waals surface area contributed by atoms with Gasteiger partial charge in [-0.15, -0.1) is 0 Å². The molecule has 0 aliphatic carbocycles. The molecular weight excluding hydrogens is 854 g/mol. The molecule has 0 amide bonds. The summed E-state index contributed by atoms with van der Waals surface area (Å²) in [5.41, 5.74) is 2.63. The molecule has 0 radical (unpaired) electrons. The summed E-state index contributed by atoms with van der Waals surface area (Å²) < 4.78 is 65.1. The van der Waals surface area contributed by atoms with E-state index in [2.05, 4.69) is 43.3 Å². The quantitative estimate of drug-likeness (QED) is 0.0711. The first kappa shape index (κ1) is 44.1. The molecule has 0 spiro atoms. The number of likely N-dealkylation sites (tertiary alicyclic amines) is 1. The third kappa shape index (κ3) is 11.4. The van der Waals surface area contributed by atoms with Crippen molar-refractivity contribution in [2.75, 3.05) is 45.0 Å². The number of carbonyl (C=O) groups excluding carboxylic acids is 2. The highest BCUT2D eigenvalue weighted by Gasteiger charge is 2.29. The average molecular weight is 895 g/mol. The van der Waals surface area contributed by atoms with E-state index in [1.807, 2.05) is 7.05 Å². The minimum atomic E-state index is -1.04. The van der Waals surface area contributed by atoms with Crippen LogP contribution in [0.5, 0.6) is 11.5 Å². The number of ether oxygens (including phenoxy) is 2. The minimum Gasteiger partial charge on any atom is -0.496 e. The van der Waals surface area contributed by atoms with E-state index < -0.39 is 28.9 Å². The second-order valence-electron chi connectivity index (χ2n) is 14.2. The maximum Gasteiger partial charge on any atom is 0.196 e. The molecule has 3 N–H and O–H groups in total. The van der Waals surface area contributed by atoms with Crippen molar-refractivity contribution >= 4 is 50.2 Å². The summed E-state index contributed by atoms with van der Waals surface area (Å²) in [5.74, 6) is 3.73. The third-order valence-electron chi connectivity index (χ3n) is 9.82. The van der Waals surface area contributed by atoms with Crippen LogP contribution in [0.2, 0.25) is 0 Å². The van der Waals surface area contributed by atoms with Crippen molar-refractivity contribution < 1.29 is 41.7 Å². The van der Waals surface area contributed by atoms with Crippen LogP contribution in [-0.4, -0.2) is 61.5 Å². The van der Waals surface area contributed by atoms with Gasteiger partial charge in [0, 0.05) is 70.6 Å². The van der Waals surface area contributed by atoms with Gasteiger partial charge in [-0.25, -0.2) is 17.6 Å². The Hall–Kier alpha value is -6.46. The first-order valence-electron chi connectivity index (χ1n) is 18.9. The number of benzene rings is 6. The fourth-order valence-electron chi connectivity index (χ4n) is 6.34. The van der Waals surface area contributed by atoms with Crippen LogP contribution in [-0.2, 0) is 0 Å². The van der Waals surface area contributed by atoms with E-state index in [-0.39, 0.29) is 22.9 Å². The SMILES string of the molecule is COc1ccc(Br)cc1C(=O)c1ccc(Nc2ccc(F)cc2F)cc1.COc1ccc(C#CC2(O)CCN(C)CC2)cc1C(=O)c1ccc(Nc2ccc(F)cc2F)cc1. The van der Waals surface area contributed by atoms with Crippen LogP contribution in [0.4, 0.5) is 40.3 Å². The molecule has 7 rings (SSSR count). The van der Waals surface area contributed by atoms with Crippen LogP contribution in [0.3, 0.4) is 0 Å². The van der Waals surface area contributed by atoms with E-state index >= 15 is 0 Å². The van der Waals surface area contributed by atoms with E-state index in [0.29, 0.717) is 63.5 Å². The molecule has 1 aliphatic rings. The second-order valence-corrected chi connectivity index (χ2v) is 15.1. The molecule has 1 heterocycles. The third-order valence-corrected chi connectivity index (χ3v) is 10.3. The van der Waals surface area contributed by atoms with Crippen molar-refractivity contribution in [1.82, 2.24) is 4.90 Å². The number of methoxy groups -OCH3 is 2. The maximum atomic E-state index is 13.9. The Balaban J connectivity index is 0.000000213. The van der Waals surface area contributed by atoms with Crippen LogP contribution in [0.15, 0.2) is 126 Å². The molecule has 0 unspecified atom stereocenters. The van der Waals surface area contributed by atoms with Crippen LogP contribution >= 0.6 is 15.9 Å². The van der Waals surface area contributed by atoms with Gasteiger partial charge in [-0.3, -0.25) is 9.59 Å². The van der Waals surface area contributed by atoms with Gasteiger partial charge in [0.25, 0.3) is 0 Å². The number of hydrogen-bond donors (Lipinski definition) is 3. The predicted molar refractivity (Wildman–Crippen MR) is 231 cm³/mol. The number of carbonyl (C=O) groups is 2. The van der Waals surface area contributed by atoms with Crippen molar-refractivity contribution in [3.8, 4) is 23.3 Å². The van der Waals surface area contributed by atoms with E-state index in [0.717, 1.165) is 35.8 Å². The Bertz CT molecular complexity index is 2600. The number of aliphatic hydroxyl groups is 1. The first-order chi connectivity index (χ1) is 29.2. The number of nitrogens with one attached hydrogen (secondary N) is 2. The van der Waals surface area contributed by atoms with Crippen LogP contribution in [0.1, 0.15) is 50.2 Å². The standard InChI is InChI=1S/C28H26F2N2O3.C20H14BrF2NO2/c1-32-15-13-28(34,14-16-32)12-11-19-3-10-26(35-2)23(17-19)27(33)20-4-7-22(8-5-20)31-25-9-6-21(29)18-24(25)30;1-26-19-9-4-13(21)10-16(19)20(25)12-2-6-15(7-3-12)24-18-8-5-14(22)11-17(18)23/h3-10,17-18,31,34H,13-16H2,1-2H3;2-11,24H,1H3. The number of hydrogen-bond acceptors (Lipinski definition) is 8. The summed E-state index contributed by atoms with van der Waals surface area (Å²) in [4.78, 5) is 28.1. The van der Waals surface area contributed by atoms with E-state index in [4.69, 9.17) is 9.47 Å². The fourth-order valence-corrected chi connectivity index (χ4v) is 6.70. The number of rotatable bonds is 10. The van der Waals surface area contributed by atoms with Crippen molar-refractivity contribution in [2.24, 2.45) is 0 Å². The molecule has 6 aromatic carbocycles. The molecule has 312 valence electrons. The molecule has 0 bridgehead atoms. The normalized spacial score (nSPS) is 13.1. The molecule has 1 aliphatic heterocycles. The van der Waals surface area contributed by atoms with Gasteiger partial charge in [-0.05, 0) is 116 Å². The predicted octanol–water partition coefficient (Wildman–Crippen LogP) is 10.5. The Morgan fingerprint density at radius 3 is 1.57 bits per heavy atom. The number of piperidine rings is 1. The van der Waals surface area contributed by atoms with Crippen LogP contribution < -0.4 is 20.1 Å². The molecule has 1 saturated heterocycles. The lowest BCUT2D eigenvalue weighted by atomic mass is 9.92. The zero-order valence-electron chi connectivity index (χ0n) is 33.3. The molecular formula is C48H40BrF4N3O5. The summed E-state index contributed by atoms with van der Waals surface area (Å²) in [6, 6.07) is 29.9. The van der Waals surface area contributed by atoms with E-state index in [1.54, 1.807) is 84.9 Å². The zero-order valence-corrected chi connectivity index (χ0v) is 34.9. The van der Waals surface area contributed by atoms with Crippen LogP contribution in [0, 0.1) is 35.1 Å². The lowest BCUT2D eigenvalue weighted by Crippen LogP contribution is -2.41. The van der Waals surface area contributed by atoms with Crippen molar-refractivity contribution in [2.45, 2.75) is 18.4 Å². The molecule has 6 aromatic rings. The van der Waals surface area contributed by atoms with E-state index in [1.165, 1.54) is 32.4 Å². The smallest absolute Gasteiger partial charge is 0.196 e. The van der Waals surface area contributed by atoms with Gasteiger partial charge in [0.05, 0.1) is 36.7 Å². The topological polar surface area (TPSA) is 100 Å². The number of anilines is 4. The van der Waals surface area contributed by atoms with E-state index in [9.17, 15) is 32.3 Å². The maximum absolute atomic E-state index is 13.9. The van der Waals surface area contributed by atoms with Crippen molar-refractivity contribution in [1.29, 1.82) is 0 Å². The lowest BCUT2D eigenvalue weighted by molar-refractivity contribution is 0.0350. The molecule has 1 fully saturated rings. The molecule has 0 atom stereocenters. The summed E-state index contributed by atoms with van der Waals surface area (Å²) in [5, 5.41) is 16.5. The van der Waals surface area contributed by atoms with Gasteiger partial charge in [0.2, 0.25) is 0 Å². The Labute approximate surface area is 359 Å². The summed E-state index contributed by atoms with van der Waals surface area (Å²) >= 11 is 3.35. The molecule has 61 heavy (non-hydrogen) atoms. The lowest BCUT2D eigenvalue weighted by Gasteiger charge is -2.32. The van der Waals surface area contributed by atoms with Gasteiger partial charge in [-0.2, -0.15) is 0 Å². The molecule has 8 nitrogen and oxygen atoms in total. The minimum absolute atomic E-state index is 0.129. The van der Waals surface area contributed by atoms with Crippen LogP contribution in [0.25, 0.3) is 0 Å². The average Bonchev–Trinajstić information content (AvgIpc) is 3.26. The molecule has 0 saturated carbocycles. The monoisotopic (exact) mass is 893 g/mol. The fraction of sp³-hybridized carbons (Fsp3) is 0.167. The summed E-state index contributed by atoms with van der Waals surface area (Å²) in [6.07, 6.45) is 1.14. The van der Waals surface area contributed by atoms with Gasteiger partial charge in [0.15, 0.2) is 11.6 Å². The number of halogens is 5. The van der Waals surface area contributed by atoms with Gasteiger partial charge in [0.1, 0.15) is 40.4 Å². The summed E-state index contributed by atoms with van der Waals surface area (Å²) in [7, 11) is 5.01. The molecule has 0 aromatic heterocycles. The van der Waals surface area contributed by atoms with Crippen molar-refractivity contribution in [3.63, 3.8) is 0 Å². The van der Waals surface area contributed by atoms with Gasteiger partial charge in [-0.1, -0.05) is 27.8 Å². The highest BCUT2D eigenvalue weighted by atomic mass is 79.9. The largest absolute Gasteiger partial charge is 0.496 e. The zero-order chi connectivity index (χ0) is 43.7. The highest BCUT2D eigenvalue weighted by Crippen LogP contribution is 2.29. The number of nitrogens with zero attached hydrogens (tertiary/aromatic N) is 1. The first-order valence-corrected chi connectivity index (χ1v) is 19.7. The second kappa shape index (κ2) is 19.7. The Kier molecular flexibility index (Phi) is 14.3. The Morgan fingerprint density at radius 1 is 0.656 bits per heavy atom. The van der Waals surface area contributed by atoms with Gasteiger partial charge >= 0.3 is 0 Å².